The Kier molecular flexibility index (Phi) is 5.41. The number of para-hydroxylation sites is 1. The summed E-state index contributed by atoms with van der Waals surface area (Å²) in [6.45, 7) is 1.91. The summed E-state index contributed by atoms with van der Waals surface area (Å²) in [5, 5.41) is 6.73. The number of rotatable bonds is 3. The Morgan fingerprint density at radius 1 is 0.933 bits per heavy atom. The highest BCUT2D eigenvalue weighted by Gasteiger charge is 2.12. The third-order valence-electron chi connectivity index (χ3n) is 4.70. The monoisotopic (exact) mass is 414 g/mol. The summed E-state index contributed by atoms with van der Waals surface area (Å²) in [5.41, 5.74) is 3.40. The molecule has 5 nitrogen and oxygen atoms in total. The summed E-state index contributed by atoms with van der Waals surface area (Å²) in [6.07, 6.45) is 0. The van der Waals surface area contributed by atoms with Crippen LogP contribution in [0.25, 0.3) is 22.1 Å². The number of hydrogen-bond acceptors (Lipinski definition) is 4. The van der Waals surface area contributed by atoms with Gasteiger partial charge < -0.3 is 9.73 Å². The summed E-state index contributed by atoms with van der Waals surface area (Å²) >= 11 is 5.30. The third-order valence-corrected chi connectivity index (χ3v) is 4.91. The van der Waals surface area contributed by atoms with Crippen molar-refractivity contribution in [2.75, 3.05) is 5.32 Å². The van der Waals surface area contributed by atoms with Gasteiger partial charge in [0.1, 0.15) is 5.58 Å². The van der Waals surface area contributed by atoms with Gasteiger partial charge in [-0.25, -0.2) is 4.79 Å². The van der Waals surface area contributed by atoms with E-state index < -0.39 is 5.63 Å². The minimum Gasteiger partial charge on any atom is -0.422 e. The highest BCUT2D eigenvalue weighted by molar-refractivity contribution is 7.80. The van der Waals surface area contributed by atoms with Gasteiger partial charge in [0.15, 0.2) is 5.11 Å². The minimum atomic E-state index is -0.413. The van der Waals surface area contributed by atoms with Crippen LogP contribution >= 0.6 is 12.2 Å². The second-order valence-corrected chi connectivity index (χ2v) is 7.20. The van der Waals surface area contributed by atoms with Crippen LogP contribution in [-0.2, 0) is 0 Å². The maximum atomic E-state index is 12.5. The average Bonchev–Trinajstić information content (AvgIpc) is 2.75. The largest absolute Gasteiger partial charge is 0.422 e. The van der Waals surface area contributed by atoms with E-state index in [1.807, 2.05) is 55.5 Å². The predicted octanol–water partition coefficient (Wildman–Crippen LogP) is 4.90. The molecule has 0 bridgehead atoms. The molecule has 0 radical (unpaired) electrons. The van der Waals surface area contributed by atoms with Crippen LogP contribution in [0.15, 0.2) is 88.1 Å². The van der Waals surface area contributed by atoms with Gasteiger partial charge in [0.2, 0.25) is 0 Å². The molecule has 0 spiro atoms. The molecule has 6 heteroatoms. The van der Waals surface area contributed by atoms with Crippen molar-refractivity contribution in [2.45, 2.75) is 6.92 Å². The van der Waals surface area contributed by atoms with Gasteiger partial charge in [0.25, 0.3) is 5.91 Å². The molecule has 0 aliphatic rings. The molecule has 148 valence electrons. The Labute approximate surface area is 178 Å². The fourth-order valence-electron chi connectivity index (χ4n) is 3.11. The Morgan fingerprint density at radius 3 is 2.47 bits per heavy atom. The van der Waals surface area contributed by atoms with Crippen LogP contribution in [0.1, 0.15) is 15.9 Å². The van der Waals surface area contributed by atoms with E-state index >= 15 is 0 Å². The maximum absolute atomic E-state index is 12.5. The lowest BCUT2D eigenvalue weighted by Gasteiger charge is -2.13. The average molecular weight is 414 g/mol. The Balaban J connectivity index is 1.59. The molecule has 3 aromatic carbocycles. The summed E-state index contributed by atoms with van der Waals surface area (Å²) < 4.78 is 5.44. The summed E-state index contributed by atoms with van der Waals surface area (Å²) in [6, 6.07) is 23.6. The van der Waals surface area contributed by atoms with Crippen LogP contribution in [0.5, 0.6) is 0 Å². The number of carbonyl (C=O) groups is 1. The summed E-state index contributed by atoms with van der Waals surface area (Å²) in [4.78, 5) is 24.8. The van der Waals surface area contributed by atoms with Gasteiger partial charge >= 0.3 is 5.63 Å². The molecule has 0 unspecified atom stereocenters. The van der Waals surface area contributed by atoms with Crippen LogP contribution in [0.4, 0.5) is 5.69 Å². The van der Waals surface area contributed by atoms with Crippen molar-refractivity contribution in [1.82, 2.24) is 5.32 Å². The zero-order chi connectivity index (χ0) is 21.1. The molecule has 4 aromatic rings. The number of benzene rings is 3. The molecular formula is C24H18N2O3S. The first kappa shape index (κ1) is 19.5. The smallest absolute Gasteiger partial charge is 0.344 e. The lowest BCUT2D eigenvalue weighted by molar-refractivity contribution is 0.0977. The van der Waals surface area contributed by atoms with Crippen molar-refractivity contribution in [3.63, 3.8) is 0 Å². The Morgan fingerprint density at radius 2 is 1.67 bits per heavy atom. The highest BCUT2D eigenvalue weighted by Crippen LogP contribution is 2.26. The lowest BCUT2D eigenvalue weighted by atomic mass is 10.0. The summed E-state index contributed by atoms with van der Waals surface area (Å²) in [5.74, 6) is -0.294. The number of hydrogen-bond donors (Lipinski definition) is 2. The molecule has 0 aliphatic carbocycles. The van der Waals surface area contributed by atoms with Gasteiger partial charge in [0, 0.05) is 16.6 Å². The lowest BCUT2D eigenvalue weighted by Crippen LogP contribution is -2.34. The number of carbonyl (C=O) groups excluding carboxylic acids is 1. The van der Waals surface area contributed by atoms with E-state index in [-0.39, 0.29) is 11.0 Å². The van der Waals surface area contributed by atoms with Crippen molar-refractivity contribution < 1.29 is 9.21 Å². The van der Waals surface area contributed by atoms with Crippen molar-refractivity contribution >= 4 is 39.9 Å². The molecule has 2 N–H and O–H groups in total. The molecule has 1 aromatic heterocycles. The van der Waals surface area contributed by atoms with E-state index in [2.05, 4.69) is 10.6 Å². The topological polar surface area (TPSA) is 71.3 Å². The van der Waals surface area contributed by atoms with Crippen molar-refractivity contribution in [2.24, 2.45) is 0 Å². The molecular weight excluding hydrogens is 396 g/mol. The Hall–Kier alpha value is -3.77. The number of fused-ring (bicyclic) bond motifs is 1. The molecule has 0 fully saturated rings. The normalized spacial score (nSPS) is 10.6. The number of nitrogens with one attached hydrogen (secondary N) is 2. The van der Waals surface area contributed by atoms with E-state index in [1.165, 1.54) is 0 Å². The van der Waals surface area contributed by atoms with Crippen molar-refractivity contribution in [1.29, 1.82) is 0 Å². The molecule has 1 heterocycles. The highest BCUT2D eigenvalue weighted by atomic mass is 32.1. The molecule has 30 heavy (non-hydrogen) atoms. The standard InChI is InChI=1S/C24H18N2O3S/c1-15-11-12-17(19-13-18-9-5-6-10-21(18)29-23(19)28)14-20(15)25-24(30)26-22(27)16-7-3-2-4-8-16/h2-14H,1H3,(H2,25,26,27,30). The number of anilines is 1. The second-order valence-electron chi connectivity index (χ2n) is 6.79. The van der Waals surface area contributed by atoms with Crippen molar-refractivity contribution in [3.05, 3.63) is 100 Å². The van der Waals surface area contributed by atoms with Gasteiger partial charge in [-0.1, -0.05) is 48.5 Å². The molecule has 0 saturated heterocycles. The van der Waals surface area contributed by atoms with Crippen LogP contribution in [-0.4, -0.2) is 11.0 Å². The fourth-order valence-corrected chi connectivity index (χ4v) is 3.31. The zero-order valence-electron chi connectivity index (χ0n) is 16.1. The Bertz CT molecular complexity index is 1310. The number of thiocarbonyl (C=S) groups is 1. The van der Waals surface area contributed by atoms with E-state index in [0.29, 0.717) is 28.0 Å². The van der Waals surface area contributed by atoms with Gasteiger partial charge in [-0.3, -0.25) is 10.1 Å². The molecule has 1 amide bonds. The predicted molar refractivity (Wildman–Crippen MR) is 123 cm³/mol. The van der Waals surface area contributed by atoms with Gasteiger partial charge in [0.05, 0.1) is 5.56 Å². The third kappa shape index (κ3) is 4.14. The first-order valence-corrected chi connectivity index (χ1v) is 9.73. The number of aryl methyl sites for hydroxylation is 1. The summed E-state index contributed by atoms with van der Waals surface area (Å²) in [7, 11) is 0. The minimum absolute atomic E-state index is 0.176. The van der Waals surface area contributed by atoms with Crippen LogP contribution < -0.4 is 16.3 Å². The molecule has 0 saturated carbocycles. The van der Waals surface area contributed by atoms with Crippen LogP contribution in [0.3, 0.4) is 0 Å². The van der Waals surface area contributed by atoms with Gasteiger partial charge in [-0.2, -0.15) is 0 Å². The zero-order valence-corrected chi connectivity index (χ0v) is 17.0. The SMILES string of the molecule is Cc1ccc(-c2cc3ccccc3oc2=O)cc1NC(=S)NC(=O)c1ccccc1. The maximum Gasteiger partial charge on any atom is 0.344 e. The fraction of sp³-hybridized carbons (Fsp3) is 0.0417. The van der Waals surface area contributed by atoms with E-state index in [9.17, 15) is 9.59 Å². The van der Waals surface area contributed by atoms with E-state index in [1.54, 1.807) is 30.3 Å². The van der Waals surface area contributed by atoms with Gasteiger partial charge in [-0.15, -0.1) is 0 Å². The second kappa shape index (κ2) is 8.31. The molecule has 0 aliphatic heterocycles. The first-order chi connectivity index (χ1) is 14.5. The van der Waals surface area contributed by atoms with Crippen LogP contribution in [0, 0.1) is 6.92 Å². The first-order valence-electron chi connectivity index (χ1n) is 9.32. The quantitative estimate of drug-likeness (QED) is 0.369. The van der Waals surface area contributed by atoms with Crippen LogP contribution in [0.2, 0.25) is 0 Å². The molecule has 0 atom stereocenters. The van der Waals surface area contributed by atoms with Crippen molar-refractivity contribution in [3.8, 4) is 11.1 Å². The number of amides is 1. The van der Waals surface area contributed by atoms with Gasteiger partial charge in [-0.05, 0) is 60.6 Å². The van der Waals surface area contributed by atoms with E-state index in [4.69, 9.17) is 16.6 Å². The molecule has 4 rings (SSSR count). The van der Waals surface area contributed by atoms with E-state index in [0.717, 1.165) is 10.9 Å².